The Bertz CT molecular complexity index is 612. The number of halogens is 4. The molecule has 0 bridgehead atoms. The van der Waals surface area contributed by atoms with Crippen molar-refractivity contribution in [2.75, 3.05) is 0 Å². The van der Waals surface area contributed by atoms with Crippen molar-refractivity contribution in [2.24, 2.45) is 0 Å². The van der Waals surface area contributed by atoms with Crippen molar-refractivity contribution < 1.29 is 0 Å². The monoisotopic (exact) mass is 584 g/mol. The molecule has 0 amide bonds. The van der Waals surface area contributed by atoms with E-state index < -0.39 is 0 Å². The van der Waals surface area contributed by atoms with Gasteiger partial charge in [-0.05, 0) is 63.8 Å². The third-order valence-corrected chi connectivity index (χ3v) is 6.55. The number of allylic oxidation sites excluding steroid dienone is 2. The molecule has 0 nitrogen and oxygen atoms in total. The second kappa shape index (κ2) is 34.3. The van der Waals surface area contributed by atoms with E-state index in [4.69, 9.17) is 46.4 Å². The molecule has 0 aliphatic carbocycles. The lowest BCUT2D eigenvalue weighted by Crippen LogP contribution is -1.87. The van der Waals surface area contributed by atoms with Crippen LogP contribution in [-0.2, 0) is 0 Å². The summed E-state index contributed by atoms with van der Waals surface area (Å²) < 4.78 is 0. The molecule has 2 aromatic rings. The Morgan fingerprint density at radius 1 is 0.500 bits per heavy atom. The first-order valence-corrected chi connectivity index (χ1v) is 12.9. The van der Waals surface area contributed by atoms with Crippen LogP contribution in [0, 0.1) is 27.7 Å². The standard InChI is InChI=1S/C8H6Cl4.C8H10.2C4H10.C4H8.4CH4/c1-3-4(2)6(10)8(12)7(11)5(3)9;1-7-5-3-4-6-8(7)2;3*1-3-4-2;;;;/h1-2H3;3-6H,1-2H3;2*3-4H2,1-2H3;3-4H,1-2H3;4*1H4. The van der Waals surface area contributed by atoms with Crippen molar-refractivity contribution in [1.82, 2.24) is 0 Å². The van der Waals surface area contributed by atoms with Crippen LogP contribution in [0.15, 0.2) is 36.4 Å². The molecule has 2 aromatic carbocycles. The van der Waals surface area contributed by atoms with Crippen molar-refractivity contribution in [1.29, 1.82) is 0 Å². The summed E-state index contributed by atoms with van der Waals surface area (Å²) in [6.07, 6.45) is 9.28. The van der Waals surface area contributed by atoms with Gasteiger partial charge in [-0.25, -0.2) is 0 Å². The number of rotatable bonds is 2. The Morgan fingerprint density at radius 3 is 0.861 bits per heavy atom. The predicted molar refractivity (Wildman–Crippen MR) is 180 cm³/mol. The fourth-order valence-electron chi connectivity index (χ4n) is 1.51. The fraction of sp³-hybridized carbons (Fsp3) is 0.562. The van der Waals surface area contributed by atoms with Crippen molar-refractivity contribution >= 4 is 46.4 Å². The zero-order valence-corrected chi connectivity index (χ0v) is 24.8. The van der Waals surface area contributed by atoms with E-state index in [1.54, 1.807) is 0 Å². The minimum absolute atomic E-state index is 0. The van der Waals surface area contributed by atoms with Crippen molar-refractivity contribution in [3.05, 3.63) is 78.8 Å². The van der Waals surface area contributed by atoms with Gasteiger partial charge >= 0.3 is 0 Å². The third-order valence-electron chi connectivity index (χ3n) is 4.56. The van der Waals surface area contributed by atoms with Gasteiger partial charge in [0.25, 0.3) is 0 Å². The van der Waals surface area contributed by atoms with Gasteiger partial charge in [0.1, 0.15) is 0 Å². The number of hydrogen-bond acceptors (Lipinski definition) is 0. The summed E-state index contributed by atoms with van der Waals surface area (Å²) in [5, 5.41) is 1.60. The molecule has 0 unspecified atom stereocenters. The van der Waals surface area contributed by atoms with Crippen LogP contribution in [0.1, 0.15) is 119 Å². The molecule has 4 heteroatoms. The second-order valence-corrected chi connectivity index (χ2v) is 8.77. The lowest BCUT2D eigenvalue weighted by Gasteiger charge is -2.09. The molecule has 0 fully saturated rings. The number of hydrogen-bond donors (Lipinski definition) is 0. The van der Waals surface area contributed by atoms with Gasteiger partial charge in [-0.2, -0.15) is 0 Å². The number of unbranched alkanes of at least 4 members (excludes halogenated alkanes) is 2. The smallest absolute Gasteiger partial charge is 0.0796 e. The van der Waals surface area contributed by atoms with Gasteiger partial charge in [-0.3, -0.25) is 0 Å². The van der Waals surface area contributed by atoms with E-state index in [0.29, 0.717) is 20.1 Å². The molecule has 0 aromatic heterocycles. The molecule has 0 atom stereocenters. The van der Waals surface area contributed by atoms with Gasteiger partial charge in [-0.1, -0.05) is 166 Å². The number of aryl methyl sites for hydroxylation is 2. The molecule has 0 spiro atoms. The van der Waals surface area contributed by atoms with E-state index in [0.717, 1.165) is 11.1 Å². The summed E-state index contributed by atoms with van der Waals surface area (Å²) in [5.41, 5.74) is 4.48. The summed E-state index contributed by atoms with van der Waals surface area (Å²) in [4.78, 5) is 0. The van der Waals surface area contributed by atoms with Crippen LogP contribution in [0.2, 0.25) is 20.1 Å². The molecule has 2 rings (SSSR count). The second-order valence-electron chi connectivity index (χ2n) is 7.26. The van der Waals surface area contributed by atoms with Crippen LogP contribution < -0.4 is 0 Å². The van der Waals surface area contributed by atoms with E-state index in [1.165, 1.54) is 36.8 Å². The highest BCUT2D eigenvalue weighted by Crippen LogP contribution is 2.40. The maximum absolute atomic E-state index is 5.89. The van der Waals surface area contributed by atoms with Gasteiger partial charge in [-0.15, -0.1) is 0 Å². The van der Waals surface area contributed by atoms with Crippen LogP contribution in [0.3, 0.4) is 0 Å². The SMILES string of the molecule is C.C.C.C.CC=CC.CCCC.CCCC.Cc1c(C)c(Cl)c(Cl)c(Cl)c1Cl.Cc1ccccc1C. The van der Waals surface area contributed by atoms with Crippen LogP contribution >= 0.6 is 46.4 Å². The average molecular weight is 587 g/mol. The topological polar surface area (TPSA) is 0 Å². The van der Waals surface area contributed by atoms with Crippen LogP contribution in [-0.4, -0.2) is 0 Å². The quantitative estimate of drug-likeness (QED) is 0.187. The highest BCUT2D eigenvalue weighted by atomic mass is 35.5. The largest absolute Gasteiger partial charge is 0.0919 e. The summed E-state index contributed by atoms with van der Waals surface area (Å²) in [6, 6.07) is 8.36. The zero-order chi connectivity index (χ0) is 25.7. The summed E-state index contributed by atoms with van der Waals surface area (Å²) in [7, 11) is 0. The van der Waals surface area contributed by atoms with Gasteiger partial charge in [0.05, 0.1) is 20.1 Å². The van der Waals surface area contributed by atoms with E-state index in [-0.39, 0.29) is 29.7 Å². The lowest BCUT2D eigenvalue weighted by atomic mass is 10.1. The zero-order valence-electron chi connectivity index (χ0n) is 21.8. The molecule has 0 N–H and O–H groups in total. The third kappa shape index (κ3) is 25.0. The van der Waals surface area contributed by atoms with E-state index in [2.05, 4.69) is 65.8 Å². The highest BCUT2D eigenvalue weighted by Gasteiger charge is 2.14. The van der Waals surface area contributed by atoms with Crippen molar-refractivity contribution in [3.8, 4) is 0 Å². The van der Waals surface area contributed by atoms with Gasteiger partial charge in [0.15, 0.2) is 0 Å². The van der Waals surface area contributed by atoms with E-state index >= 15 is 0 Å². The molecule has 0 saturated carbocycles. The molecular formula is C32H60Cl4. The Kier molecular flexibility index (Phi) is 49.5. The van der Waals surface area contributed by atoms with Crippen molar-refractivity contribution in [3.63, 3.8) is 0 Å². The first-order chi connectivity index (χ1) is 15.0. The molecular weight excluding hydrogens is 526 g/mol. The van der Waals surface area contributed by atoms with Gasteiger partial charge < -0.3 is 0 Å². The van der Waals surface area contributed by atoms with E-state index in [1.807, 2.05) is 39.8 Å². The Balaban J connectivity index is -0.0000000619. The van der Waals surface area contributed by atoms with Crippen LogP contribution in [0.5, 0.6) is 0 Å². The lowest BCUT2D eigenvalue weighted by molar-refractivity contribution is 0.886. The fourth-order valence-corrected chi connectivity index (χ4v) is 2.56. The first kappa shape index (κ1) is 51.9. The van der Waals surface area contributed by atoms with Gasteiger partial charge in [0, 0.05) is 0 Å². The normalized spacial score (nSPS) is 8.28. The number of benzene rings is 2. The summed E-state index contributed by atoms with van der Waals surface area (Å²) in [5.74, 6) is 0. The molecule has 0 heterocycles. The minimum Gasteiger partial charge on any atom is -0.0919 e. The molecule has 0 saturated heterocycles. The molecule has 216 valence electrons. The Hall–Kier alpha value is -0.660. The molecule has 0 radical (unpaired) electrons. The molecule has 36 heavy (non-hydrogen) atoms. The Labute approximate surface area is 248 Å². The minimum atomic E-state index is 0. The predicted octanol–water partition coefficient (Wildman–Crippen LogP) is 15.0. The molecule has 0 aliphatic heterocycles. The first-order valence-electron chi connectivity index (χ1n) is 11.4. The van der Waals surface area contributed by atoms with E-state index in [9.17, 15) is 0 Å². The molecule has 0 aliphatic rings. The Morgan fingerprint density at radius 2 is 0.722 bits per heavy atom. The van der Waals surface area contributed by atoms with Crippen molar-refractivity contribution in [2.45, 2.75) is 125 Å². The van der Waals surface area contributed by atoms with Gasteiger partial charge in [0.2, 0.25) is 0 Å². The average Bonchev–Trinajstić information content (AvgIpc) is 2.83. The summed E-state index contributed by atoms with van der Waals surface area (Å²) in [6.45, 7) is 20.7. The highest BCUT2D eigenvalue weighted by molar-refractivity contribution is 6.52. The van der Waals surface area contributed by atoms with Crippen LogP contribution in [0.25, 0.3) is 0 Å². The maximum atomic E-state index is 5.89. The summed E-state index contributed by atoms with van der Waals surface area (Å²) >= 11 is 23.4. The van der Waals surface area contributed by atoms with Crippen LogP contribution in [0.4, 0.5) is 0 Å². The maximum Gasteiger partial charge on any atom is 0.0796 e.